The van der Waals surface area contributed by atoms with Crippen LogP contribution in [0.5, 0.6) is 0 Å². The van der Waals surface area contributed by atoms with Gasteiger partial charge in [0.05, 0.1) is 0 Å². The van der Waals surface area contributed by atoms with E-state index in [1.165, 1.54) is 50.1 Å². The van der Waals surface area contributed by atoms with Gasteiger partial charge in [-0.2, -0.15) is 0 Å². The van der Waals surface area contributed by atoms with Crippen LogP contribution in [0.1, 0.15) is 37.5 Å². The van der Waals surface area contributed by atoms with Crippen LogP contribution < -0.4 is 5.32 Å². The lowest BCUT2D eigenvalue weighted by Gasteiger charge is -2.08. The molecular formula is C12H21NS. The Labute approximate surface area is 91.5 Å². The molecule has 0 aliphatic carbocycles. The molecule has 14 heavy (non-hydrogen) atoms. The molecule has 1 aromatic heterocycles. The topological polar surface area (TPSA) is 12.0 Å². The van der Waals surface area contributed by atoms with Crippen molar-refractivity contribution in [2.45, 2.75) is 39.0 Å². The first kappa shape index (κ1) is 11.7. The molecule has 1 nitrogen and oxygen atoms in total. The van der Waals surface area contributed by atoms with E-state index in [0.29, 0.717) is 0 Å². The maximum atomic E-state index is 3.28. The monoisotopic (exact) mass is 211 g/mol. The fraction of sp³-hybridized carbons (Fsp3) is 0.667. The quantitative estimate of drug-likeness (QED) is 0.790. The molecule has 0 amide bonds. The van der Waals surface area contributed by atoms with Crippen molar-refractivity contribution in [1.29, 1.82) is 0 Å². The van der Waals surface area contributed by atoms with E-state index in [9.17, 15) is 0 Å². The van der Waals surface area contributed by atoms with Crippen LogP contribution in [0.3, 0.4) is 0 Å². The maximum absolute atomic E-state index is 3.28. The van der Waals surface area contributed by atoms with Gasteiger partial charge in [0.15, 0.2) is 0 Å². The Morgan fingerprint density at radius 1 is 1.29 bits per heavy atom. The maximum Gasteiger partial charge on any atom is 0.00451 e. The highest BCUT2D eigenvalue weighted by molar-refractivity contribution is 7.09. The van der Waals surface area contributed by atoms with Gasteiger partial charge in [0.25, 0.3) is 0 Å². The lowest BCUT2D eigenvalue weighted by molar-refractivity contribution is 0.520. The summed E-state index contributed by atoms with van der Waals surface area (Å²) < 4.78 is 0. The highest BCUT2D eigenvalue weighted by atomic mass is 32.1. The molecule has 1 aliphatic rings. The molecule has 1 fully saturated rings. The molecule has 0 saturated carbocycles. The van der Waals surface area contributed by atoms with E-state index in [1.807, 2.05) is 11.3 Å². The van der Waals surface area contributed by atoms with Gasteiger partial charge in [0.2, 0.25) is 0 Å². The average Bonchev–Trinajstić information content (AvgIpc) is 2.75. The smallest absolute Gasteiger partial charge is 0.00451 e. The van der Waals surface area contributed by atoms with E-state index in [-0.39, 0.29) is 0 Å². The number of nitrogens with one attached hydrogen (secondary N) is 1. The lowest BCUT2D eigenvalue weighted by atomic mass is 10.2. The minimum atomic E-state index is 1.25. The van der Waals surface area contributed by atoms with Crippen LogP contribution in [0.4, 0.5) is 0 Å². The summed E-state index contributed by atoms with van der Waals surface area (Å²) in [6.45, 7) is 4.71. The van der Waals surface area contributed by atoms with Crippen molar-refractivity contribution >= 4 is 11.3 Å². The Kier molecular flexibility index (Phi) is 6.71. The summed E-state index contributed by atoms with van der Waals surface area (Å²) in [6.07, 6.45) is 6.73. The Morgan fingerprint density at radius 3 is 2.43 bits per heavy atom. The van der Waals surface area contributed by atoms with Gasteiger partial charge >= 0.3 is 0 Å². The molecule has 0 atom stereocenters. The van der Waals surface area contributed by atoms with Crippen LogP contribution in [-0.2, 0) is 6.42 Å². The first-order chi connectivity index (χ1) is 6.93. The van der Waals surface area contributed by atoms with E-state index in [0.717, 1.165) is 0 Å². The van der Waals surface area contributed by atoms with Crippen molar-refractivity contribution in [3.05, 3.63) is 22.4 Å². The third-order valence-corrected chi connectivity index (χ3v) is 3.22. The van der Waals surface area contributed by atoms with Crippen molar-refractivity contribution in [2.75, 3.05) is 13.1 Å². The molecule has 0 radical (unpaired) electrons. The summed E-state index contributed by atoms with van der Waals surface area (Å²) >= 11 is 1.85. The first-order valence-electron chi connectivity index (χ1n) is 5.66. The van der Waals surface area contributed by atoms with E-state index >= 15 is 0 Å². The van der Waals surface area contributed by atoms with Gasteiger partial charge in [-0.25, -0.2) is 0 Å². The van der Waals surface area contributed by atoms with Crippen LogP contribution in [0.15, 0.2) is 17.5 Å². The highest BCUT2D eigenvalue weighted by Gasteiger charge is 1.93. The van der Waals surface area contributed by atoms with E-state index < -0.39 is 0 Å². The van der Waals surface area contributed by atoms with Crippen molar-refractivity contribution in [3.63, 3.8) is 0 Å². The van der Waals surface area contributed by atoms with Crippen LogP contribution in [0.25, 0.3) is 0 Å². The predicted octanol–water partition coefficient (Wildman–Crippen LogP) is 3.46. The molecule has 0 bridgehead atoms. The number of aryl methyl sites for hydroxylation is 1. The molecule has 2 rings (SSSR count). The number of hydrogen-bond donors (Lipinski definition) is 1. The lowest BCUT2D eigenvalue weighted by Crippen LogP contribution is -2.21. The van der Waals surface area contributed by atoms with E-state index in [1.54, 1.807) is 0 Å². The third kappa shape index (κ3) is 5.40. The fourth-order valence-corrected chi connectivity index (χ4v) is 2.31. The summed E-state index contributed by atoms with van der Waals surface area (Å²) in [4.78, 5) is 1.51. The van der Waals surface area contributed by atoms with Crippen molar-refractivity contribution in [2.24, 2.45) is 0 Å². The summed E-state index contributed by atoms with van der Waals surface area (Å²) in [6, 6.07) is 4.30. The largest absolute Gasteiger partial charge is 0.317 e. The first-order valence-corrected chi connectivity index (χ1v) is 6.54. The van der Waals surface area contributed by atoms with Crippen molar-refractivity contribution < 1.29 is 0 Å². The van der Waals surface area contributed by atoms with E-state index in [4.69, 9.17) is 0 Å². The molecule has 0 spiro atoms. The predicted molar refractivity (Wildman–Crippen MR) is 65.0 cm³/mol. The van der Waals surface area contributed by atoms with Crippen LogP contribution in [-0.4, -0.2) is 13.1 Å². The van der Waals surface area contributed by atoms with Gasteiger partial charge in [0, 0.05) is 4.88 Å². The molecule has 1 N–H and O–H groups in total. The number of hydrogen-bond acceptors (Lipinski definition) is 2. The third-order valence-electron chi connectivity index (χ3n) is 2.28. The normalized spacial score (nSPS) is 15.8. The zero-order valence-electron chi connectivity index (χ0n) is 9.09. The van der Waals surface area contributed by atoms with Gasteiger partial charge in [0.1, 0.15) is 0 Å². The summed E-state index contributed by atoms with van der Waals surface area (Å²) in [5.41, 5.74) is 0. The molecular weight excluding hydrogens is 190 g/mol. The Morgan fingerprint density at radius 2 is 2.07 bits per heavy atom. The molecule has 1 aromatic rings. The van der Waals surface area contributed by atoms with Gasteiger partial charge < -0.3 is 5.32 Å². The SMILES string of the molecule is C1CCNCC1.CCCc1cccs1. The van der Waals surface area contributed by atoms with Crippen LogP contribution in [0.2, 0.25) is 0 Å². The average molecular weight is 211 g/mol. The molecule has 0 unspecified atom stereocenters. The van der Waals surface area contributed by atoms with Gasteiger partial charge in [-0.1, -0.05) is 25.8 Å². The Balaban J connectivity index is 0.000000146. The summed E-state index contributed by atoms with van der Waals surface area (Å²) in [7, 11) is 0. The number of piperidine rings is 1. The molecule has 1 aliphatic heterocycles. The Bertz CT molecular complexity index is 191. The second-order valence-electron chi connectivity index (χ2n) is 3.64. The molecule has 1 saturated heterocycles. The number of thiophene rings is 1. The van der Waals surface area contributed by atoms with Gasteiger partial charge in [-0.15, -0.1) is 11.3 Å². The highest BCUT2D eigenvalue weighted by Crippen LogP contribution is 2.09. The van der Waals surface area contributed by atoms with Crippen molar-refractivity contribution in [3.8, 4) is 0 Å². The molecule has 2 heteroatoms. The molecule has 80 valence electrons. The zero-order valence-corrected chi connectivity index (χ0v) is 9.91. The second kappa shape index (κ2) is 8.01. The minimum Gasteiger partial charge on any atom is -0.317 e. The summed E-state index contributed by atoms with van der Waals surface area (Å²) in [5.74, 6) is 0. The van der Waals surface area contributed by atoms with Gasteiger partial charge in [-0.3, -0.25) is 0 Å². The second-order valence-corrected chi connectivity index (χ2v) is 4.67. The van der Waals surface area contributed by atoms with Crippen molar-refractivity contribution in [1.82, 2.24) is 5.32 Å². The fourth-order valence-electron chi connectivity index (χ4n) is 1.50. The molecule has 0 aromatic carbocycles. The standard InChI is InChI=1S/C7H10S.C5H11N/c1-2-4-7-5-3-6-8-7;1-2-4-6-5-3-1/h3,5-6H,2,4H2,1H3;6H,1-5H2. The number of rotatable bonds is 2. The van der Waals surface area contributed by atoms with E-state index in [2.05, 4.69) is 29.8 Å². The van der Waals surface area contributed by atoms with Crippen LogP contribution in [0, 0.1) is 0 Å². The van der Waals surface area contributed by atoms with Crippen LogP contribution >= 0.6 is 11.3 Å². The van der Waals surface area contributed by atoms with Gasteiger partial charge in [-0.05, 0) is 43.8 Å². The molecule has 2 heterocycles. The zero-order chi connectivity index (χ0) is 10.1. The summed E-state index contributed by atoms with van der Waals surface area (Å²) in [5, 5.41) is 5.41. The minimum absolute atomic E-state index is 1.25. The Hall–Kier alpha value is -0.340.